The van der Waals surface area contributed by atoms with Crippen molar-refractivity contribution in [2.45, 2.75) is 6.42 Å². The van der Waals surface area contributed by atoms with Crippen molar-refractivity contribution in [3.05, 3.63) is 84.6 Å². The van der Waals surface area contributed by atoms with E-state index in [-0.39, 0.29) is 6.54 Å². The molecular weight excluding hydrogens is 364 g/mol. The number of nitrogens with zero attached hydrogens (tertiary/aromatic N) is 1. The number of likely N-dealkylation sites (N-methyl/N-ethyl adjacent to an activating group) is 1. The molecule has 0 fully saturated rings. The zero-order valence-electron chi connectivity index (χ0n) is 16.5. The molecule has 3 rings (SSSR count). The summed E-state index contributed by atoms with van der Waals surface area (Å²) < 4.78 is 5.99. The second kappa shape index (κ2) is 10.3. The lowest BCUT2D eigenvalue weighted by atomic mass is 10.0. The highest BCUT2D eigenvalue weighted by Crippen LogP contribution is 2.32. The lowest BCUT2D eigenvalue weighted by Crippen LogP contribution is -2.29. The third-order valence-electron chi connectivity index (χ3n) is 4.50. The number of anilines is 1. The molecule has 2 N–H and O–H groups in total. The van der Waals surface area contributed by atoms with E-state index in [4.69, 9.17) is 9.84 Å². The molecule has 0 atom stereocenters. The first kappa shape index (κ1) is 20.4. The van der Waals surface area contributed by atoms with E-state index in [2.05, 4.69) is 35.7 Å². The molecule has 0 unspecified atom stereocenters. The summed E-state index contributed by atoms with van der Waals surface area (Å²) in [6, 6.07) is 16.3. The second-order valence-electron chi connectivity index (χ2n) is 6.86. The Labute approximate surface area is 171 Å². The third kappa shape index (κ3) is 6.36. The van der Waals surface area contributed by atoms with Gasteiger partial charge in [-0.2, -0.15) is 0 Å². The van der Waals surface area contributed by atoms with Crippen molar-refractivity contribution in [3.8, 4) is 16.9 Å². The monoisotopic (exact) mass is 390 g/mol. The number of hydrogen-bond acceptors (Lipinski definition) is 4. The smallest absolute Gasteiger partial charge is 0.317 e. The summed E-state index contributed by atoms with van der Waals surface area (Å²) in [6.45, 7) is 0.921. The van der Waals surface area contributed by atoms with E-state index in [1.807, 2.05) is 48.6 Å². The Morgan fingerprint density at radius 2 is 1.97 bits per heavy atom. The van der Waals surface area contributed by atoms with Gasteiger partial charge >= 0.3 is 5.97 Å². The molecule has 0 saturated heterocycles. The van der Waals surface area contributed by atoms with E-state index in [0.717, 1.165) is 34.7 Å². The van der Waals surface area contributed by atoms with Gasteiger partial charge in [-0.25, -0.2) is 0 Å². The second-order valence-corrected chi connectivity index (χ2v) is 6.86. The van der Waals surface area contributed by atoms with Gasteiger partial charge in [0, 0.05) is 12.2 Å². The summed E-state index contributed by atoms with van der Waals surface area (Å²) in [5, 5.41) is 12.3. The summed E-state index contributed by atoms with van der Waals surface area (Å²) in [5.74, 6) is -0.109. The molecule has 0 radical (unpaired) electrons. The minimum Gasteiger partial charge on any atom is -0.490 e. The quantitative estimate of drug-likeness (QED) is 0.657. The standard InChI is InChI=1S/C24H26N2O3/c1-26(18-24(27)28)15-16-29-23-14-13-20(19-9-5-4-6-10-19)17-22(23)25-21-11-7-2-3-8-12-21/h2-7,9-14,17,25H,8,15-16,18H2,1H3,(H,27,28). The van der Waals surface area contributed by atoms with Crippen molar-refractivity contribution >= 4 is 11.7 Å². The van der Waals surface area contributed by atoms with Crippen LogP contribution in [0.1, 0.15) is 6.42 Å². The highest BCUT2D eigenvalue weighted by molar-refractivity contribution is 5.73. The van der Waals surface area contributed by atoms with Crippen molar-refractivity contribution < 1.29 is 14.6 Å². The molecule has 1 aliphatic rings. The molecule has 0 bridgehead atoms. The molecule has 5 heteroatoms. The number of allylic oxidation sites excluding steroid dienone is 5. The van der Waals surface area contributed by atoms with E-state index in [1.54, 1.807) is 11.9 Å². The molecule has 1 aliphatic carbocycles. The molecule has 0 spiro atoms. The average Bonchev–Trinajstić information content (AvgIpc) is 2.98. The van der Waals surface area contributed by atoms with Crippen LogP contribution in [0, 0.1) is 0 Å². The van der Waals surface area contributed by atoms with Crippen LogP contribution in [-0.2, 0) is 4.79 Å². The van der Waals surface area contributed by atoms with E-state index in [9.17, 15) is 4.79 Å². The largest absolute Gasteiger partial charge is 0.490 e. The molecule has 0 heterocycles. The van der Waals surface area contributed by atoms with Crippen LogP contribution in [-0.4, -0.2) is 42.7 Å². The number of hydrogen-bond donors (Lipinski definition) is 2. The minimum atomic E-state index is -0.845. The van der Waals surface area contributed by atoms with Gasteiger partial charge in [0.05, 0.1) is 12.2 Å². The Balaban J connectivity index is 1.78. The Morgan fingerprint density at radius 3 is 2.76 bits per heavy atom. The van der Waals surface area contributed by atoms with Crippen LogP contribution >= 0.6 is 0 Å². The third-order valence-corrected chi connectivity index (χ3v) is 4.50. The Kier molecular flexibility index (Phi) is 7.25. The predicted octanol–water partition coefficient (Wildman–Crippen LogP) is 4.56. The lowest BCUT2D eigenvalue weighted by Gasteiger charge is -2.18. The van der Waals surface area contributed by atoms with Crippen molar-refractivity contribution in [1.29, 1.82) is 0 Å². The number of aliphatic carboxylic acids is 1. The molecule has 0 aliphatic heterocycles. The van der Waals surface area contributed by atoms with Crippen LogP contribution in [0.25, 0.3) is 11.1 Å². The molecule has 0 saturated carbocycles. The van der Waals surface area contributed by atoms with Gasteiger partial charge in [-0.1, -0.05) is 60.7 Å². The number of nitrogens with one attached hydrogen (secondary N) is 1. The fourth-order valence-corrected chi connectivity index (χ4v) is 3.01. The van der Waals surface area contributed by atoms with Gasteiger partial charge in [0.2, 0.25) is 0 Å². The number of benzene rings is 2. The van der Waals surface area contributed by atoms with Gasteiger partial charge in [0.15, 0.2) is 0 Å². The van der Waals surface area contributed by atoms with Crippen molar-refractivity contribution in [3.63, 3.8) is 0 Å². The Hall–Kier alpha value is -3.31. The zero-order chi connectivity index (χ0) is 20.5. The molecule has 150 valence electrons. The van der Waals surface area contributed by atoms with Crippen LogP contribution in [0.3, 0.4) is 0 Å². The lowest BCUT2D eigenvalue weighted by molar-refractivity contribution is -0.138. The Morgan fingerprint density at radius 1 is 1.14 bits per heavy atom. The topological polar surface area (TPSA) is 61.8 Å². The first-order valence-corrected chi connectivity index (χ1v) is 9.65. The molecule has 0 aromatic heterocycles. The number of rotatable bonds is 9. The number of ether oxygens (including phenoxy) is 1. The van der Waals surface area contributed by atoms with Crippen LogP contribution in [0.5, 0.6) is 5.75 Å². The van der Waals surface area contributed by atoms with Gasteiger partial charge in [0.25, 0.3) is 0 Å². The number of carboxylic acids is 1. The van der Waals surface area contributed by atoms with Gasteiger partial charge in [0.1, 0.15) is 12.4 Å². The fourth-order valence-electron chi connectivity index (χ4n) is 3.01. The minimum absolute atomic E-state index is 0.00784. The summed E-state index contributed by atoms with van der Waals surface area (Å²) in [4.78, 5) is 12.5. The van der Waals surface area contributed by atoms with Gasteiger partial charge in [-0.3, -0.25) is 9.69 Å². The summed E-state index contributed by atoms with van der Waals surface area (Å²) in [5.41, 5.74) is 4.12. The van der Waals surface area contributed by atoms with Gasteiger partial charge in [-0.05, 0) is 42.8 Å². The number of carbonyl (C=O) groups is 1. The molecular formula is C24H26N2O3. The summed E-state index contributed by atoms with van der Waals surface area (Å²) >= 11 is 0. The predicted molar refractivity (Wildman–Crippen MR) is 117 cm³/mol. The maximum absolute atomic E-state index is 10.8. The van der Waals surface area contributed by atoms with E-state index >= 15 is 0 Å². The fraction of sp³-hybridized carbons (Fsp3) is 0.208. The van der Waals surface area contributed by atoms with Crippen LogP contribution in [0.15, 0.2) is 84.6 Å². The normalized spacial score (nSPS) is 13.1. The SMILES string of the molecule is CN(CCOc1ccc(-c2ccccc2)cc1NC1=CCC=CC=C1)CC(=O)O. The maximum atomic E-state index is 10.8. The van der Waals surface area contributed by atoms with Crippen molar-refractivity contribution in [1.82, 2.24) is 4.90 Å². The average molecular weight is 390 g/mol. The van der Waals surface area contributed by atoms with Gasteiger partial charge in [-0.15, -0.1) is 0 Å². The molecule has 0 amide bonds. The van der Waals surface area contributed by atoms with Crippen molar-refractivity contribution in [2.75, 3.05) is 32.1 Å². The molecule has 2 aromatic carbocycles. The Bertz CT molecular complexity index is 917. The van der Waals surface area contributed by atoms with Crippen LogP contribution in [0.4, 0.5) is 5.69 Å². The summed E-state index contributed by atoms with van der Waals surface area (Å²) in [7, 11) is 1.77. The molecule has 5 nitrogen and oxygen atoms in total. The molecule has 29 heavy (non-hydrogen) atoms. The summed E-state index contributed by atoms with van der Waals surface area (Å²) in [6.07, 6.45) is 11.2. The highest BCUT2D eigenvalue weighted by atomic mass is 16.5. The van der Waals surface area contributed by atoms with Gasteiger partial charge < -0.3 is 15.2 Å². The van der Waals surface area contributed by atoms with E-state index < -0.39 is 5.97 Å². The first-order chi connectivity index (χ1) is 14.1. The number of carboxylic acid groups (broad SMARTS) is 1. The maximum Gasteiger partial charge on any atom is 0.317 e. The van der Waals surface area contributed by atoms with E-state index in [1.165, 1.54) is 0 Å². The first-order valence-electron chi connectivity index (χ1n) is 9.65. The molecule has 2 aromatic rings. The van der Waals surface area contributed by atoms with Crippen LogP contribution in [0.2, 0.25) is 0 Å². The zero-order valence-corrected chi connectivity index (χ0v) is 16.5. The van der Waals surface area contributed by atoms with Crippen LogP contribution < -0.4 is 10.1 Å². The highest BCUT2D eigenvalue weighted by Gasteiger charge is 2.10. The van der Waals surface area contributed by atoms with E-state index in [0.29, 0.717) is 13.2 Å². The van der Waals surface area contributed by atoms with Crippen molar-refractivity contribution in [2.24, 2.45) is 0 Å².